The summed E-state index contributed by atoms with van der Waals surface area (Å²) in [6, 6.07) is 10.9. The van der Waals surface area contributed by atoms with E-state index in [9.17, 15) is 13.2 Å². The predicted molar refractivity (Wildman–Crippen MR) is 94.2 cm³/mol. The number of aryl methyl sites for hydroxylation is 1. The van der Waals surface area contributed by atoms with Gasteiger partial charge in [-0.3, -0.25) is 4.79 Å². The minimum absolute atomic E-state index is 0.0349. The molecule has 3 aromatic rings. The van der Waals surface area contributed by atoms with Gasteiger partial charge >= 0.3 is 0 Å². The normalized spacial score (nSPS) is 11.5. The molecule has 0 aliphatic rings. The van der Waals surface area contributed by atoms with E-state index in [0.717, 1.165) is 0 Å². The molecule has 25 heavy (non-hydrogen) atoms. The highest BCUT2D eigenvalue weighted by molar-refractivity contribution is 7.91. The molecule has 0 bridgehead atoms. The maximum Gasteiger partial charge on any atom is 0.211 e. The van der Waals surface area contributed by atoms with Crippen molar-refractivity contribution in [3.05, 3.63) is 58.9 Å². The van der Waals surface area contributed by atoms with Crippen molar-refractivity contribution >= 4 is 20.7 Å². The van der Waals surface area contributed by atoms with Crippen LogP contribution < -0.4 is 14.9 Å². The Morgan fingerprint density at radius 2 is 1.52 bits per heavy atom. The number of aromatic nitrogens is 1. The van der Waals surface area contributed by atoms with E-state index < -0.39 is 15.3 Å². The Balaban J connectivity index is 2.26. The van der Waals surface area contributed by atoms with Crippen molar-refractivity contribution < 1.29 is 17.9 Å². The molecular weight excluding hydrogens is 342 g/mol. The lowest BCUT2D eigenvalue weighted by Gasteiger charge is -2.11. The van der Waals surface area contributed by atoms with Crippen LogP contribution in [0.25, 0.3) is 10.9 Å². The van der Waals surface area contributed by atoms with Gasteiger partial charge in [0.05, 0.1) is 30.0 Å². The standard InChI is InChI=1S/C18H17NO5S/c1-19-11-17(18(20)15-10-13(24-3)6-9-16(15)19)25(21,22)14-7-4-12(23-2)5-8-14/h4-11H,1-3H3. The van der Waals surface area contributed by atoms with Gasteiger partial charge in [-0.1, -0.05) is 0 Å². The minimum Gasteiger partial charge on any atom is -0.497 e. The summed E-state index contributed by atoms with van der Waals surface area (Å²) in [6.45, 7) is 0. The first-order valence-electron chi connectivity index (χ1n) is 7.45. The summed E-state index contributed by atoms with van der Waals surface area (Å²) in [4.78, 5) is 12.6. The van der Waals surface area contributed by atoms with Crippen LogP contribution in [0.2, 0.25) is 0 Å². The van der Waals surface area contributed by atoms with E-state index in [-0.39, 0.29) is 15.2 Å². The van der Waals surface area contributed by atoms with E-state index in [1.807, 2.05) is 0 Å². The number of hydrogen-bond acceptors (Lipinski definition) is 5. The average Bonchev–Trinajstić information content (AvgIpc) is 2.64. The van der Waals surface area contributed by atoms with Crippen molar-refractivity contribution in [3.8, 4) is 11.5 Å². The Labute approximate surface area is 145 Å². The Kier molecular flexibility index (Phi) is 4.26. The molecule has 6 nitrogen and oxygen atoms in total. The summed E-state index contributed by atoms with van der Waals surface area (Å²) in [6.07, 6.45) is 1.34. The van der Waals surface area contributed by atoms with Gasteiger partial charge in [-0.25, -0.2) is 8.42 Å². The molecule has 0 aliphatic heterocycles. The molecule has 0 atom stereocenters. The Hall–Kier alpha value is -2.80. The molecule has 0 saturated carbocycles. The Morgan fingerprint density at radius 1 is 0.920 bits per heavy atom. The second kappa shape index (κ2) is 6.25. The SMILES string of the molecule is COc1ccc(S(=O)(=O)c2cn(C)c3ccc(OC)cc3c2=O)cc1. The van der Waals surface area contributed by atoms with Gasteiger partial charge in [-0.2, -0.15) is 0 Å². The first-order chi connectivity index (χ1) is 11.9. The highest BCUT2D eigenvalue weighted by atomic mass is 32.2. The predicted octanol–water partition coefficient (Wildman–Crippen LogP) is 2.39. The fourth-order valence-electron chi connectivity index (χ4n) is 2.64. The molecule has 0 fully saturated rings. The van der Waals surface area contributed by atoms with Crippen LogP contribution in [0.4, 0.5) is 0 Å². The monoisotopic (exact) mass is 359 g/mol. The quantitative estimate of drug-likeness (QED) is 0.715. The van der Waals surface area contributed by atoms with E-state index in [0.29, 0.717) is 17.0 Å². The van der Waals surface area contributed by atoms with Gasteiger partial charge in [0, 0.05) is 13.2 Å². The van der Waals surface area contributed by atoms with Crippen molar-refractivity contribution in [2.45, 2.75) is 9.79 Å². The van der Waals surface area contributed by atoms with E-state index in [4.69, 9.17) is 9.47 Å². The fourth-order valence-corrected chi connectivity index (χ4v) is 4.04. The van der Waals surface area contributed by atoms with Gasteiger partial charge in [0.25, 0.3) is 0 Å². The molecule has 0 saturated heterocycles. The number of ether oxygens (including phenoxy) is 2. The molecule has 0 aliphatic carbocycles. The molecule has 0 radical (unpaired) electrons. The van der Waals surface area contributed by atoms with Crippen LogP contribution in [0.5, 0.6) is 11.5 Å². The van der Waals surface area contributed by atoms with Crippen LogP contribution in [0.15, 0.2) is 63.2 Å². The van der Waals surface area contributed by atoms with E-state index >= 15 is 0 Å². The van der Waals surface area contributed by atoms with Gasteiger partial charge in [-0.15, -0.1) is 0 Å². The lowest BCUT2D eigenvalue weighted by atomic mass is 10.2. The van der Waals surface area contributed by atoms with Crippen molar-refractivity contribution in [2.24, 2.45) is 7.05 Å². The van der Waals surface area contributed by atoms with E-state index in [1.54, 1.807) is 41.9 Å². The van der Waals surface area contributed by atoms with Crippen LogP contribution in [0.1, 0.15) is 0 Å². The zero-order valence-corrected chi connectivity index (χ0v) is 14.8. The lowest BCUT2D eigenvalue weighted by Crippen LogP contribution is -2.18. The average molecular weight is 359 g/mol. The van der Waals surface area contributed by atoms with Gasteiger partial charge in [0.1, 0.15) is 16.4 Å². The first kappa shape index (κ1) is 17.0. The highest BCUT2D eigenvalue weighted by Gasteiger charge is 2.23. The summed E-state index contributed by atoms with van der Waals surface area (Å²) in [7, 11) is 0.724. The molecular formula is C18H17NO5S. The van der Waals surface area contributed by atoms with Crippen molar-refractivity contribution in [3.63, 3.8) is 0 Å². The summed E-state index contributed by atoms with van der Waals surface area (Å²) in [5.41, 5.74) is 0.0716. The maximum atomic E-state index is 12.9. The number of hydrogen-bond donors (Lipinski definition) is 0. The van der Waals surface area contributed by atoms with Crippen molar-refractivity contribution in [1.29, 1.82) is 0 Å². The Bertz CT molecular complexity index is 1100. The van der Waals surface area contributed by atoms with Gasteiger partial charge in [0.2, 0.25) is 15.3 Å². The van der Waals surface area contributed by atoms with Crippen molar-refractivity contribution in [1.82, 2.24) is 4.57 Å². The third kappa shape index (κ3) is 2.87. The second-order valence-corrected chi connectivity index (χ2v) is 7.41. The maximum absolute atomic E-state index is 12.9. The zero-order valence-electron chi connectivity index (χ0n) is 14.0. The molecule has 0 unspecified atom stereocenters. The van der Waals surface area contributed by atoms with E-state index in [1.165, 1.54) is 32.5 Å². The van der Waals surface area contributed by atoms with Crippen LogP contribution in [-0.4, -0.2) is 27.2 Å². The minimum atomic E-state index is -3.96. The third-order valence-corrected chi connectivity index (χ3v) is 5.78. The van der Waals surface area contributed by atoms with E-state index in [2.05, 4.69) is 0 Å². The smallest absolute Gasteiger partial charge is 0.211 e. The number of sulfone groups is 1. The largest absolute Gasteiger partial charge is 0.497 e. The van der Waals surface area contributed by atoms with Crippen LogP contribution in [0, 0.1) is 0 Å². The van der Waals surface area contributed by atoms with Gasteiger partial charge in [0.15, 0.2) is 0 Å². The molecule has 7 heteroatoms. The number of benzene rings is 2. The summed E-state index contributed by atoms with van der Waals surface area (Å²) >= 11 is 0. The molecule has 0 amide bonds. The third-order valence-electron chi connectivity index (χ3n) is 4.02. The van der Waals surface area contributed by atoms with Crippen LogP contribution in [-0.2, 0) is 16.9 Å². The second-order valence-electron chi connectivity index (χ2n) is 5.50. The molecule has 0 spiro atoms. The van der Waals surface area contributed by atoms with Crippen LogP contribution >= 0.6 is 0 Å². The fraction of sp³-hybridized carbons (Fsp3) is 0.167. The molecule has 2 aromatic carbocycles. The van der Waals surface area contributed by atoms with Gasteiger partial charge < -0.3 is 14.0 Å². The number of methoxy groups -OCH3 is 2. The van der Waals surface area contributed by atoms with Gasteiger partial charge in [-0.05, 0) is 42.5 Å². The number of nitrogens with zero attached hydrogens (tertiary/aromatic N) is 1. The summed E-state index contributed by atoms with van der Waals surface area (Å²) < 4.78 is 37.6. The first-order valence-corrected chi connectivity index (χ1v) is 8.93. The topological polar surface area (TPSA) is 74.6 Å². The Morgan fingerprint density at radius 3 is 2.12 bits per heavy atom. The molecule has 130 valence electrons. The number of rotatable bonds is 4. The highest BCUT2D eigenvalue weighted by Crippen LogP contribution is 2.24. The summed E-state index contributed by atoms with van der Waals surface area (Å²) in [5, 5.41) is 0.288. The lowest BCUT2D eigenvalue weighted by molar-refractivity contribution is 0.414. The molecule has 1 heterocycles. The molecule has 1 aromatic heterocycles. The molecule has 3 rings (SSSR count). The number of pyridine rings is 1. The summed E-state index contributed by atoms with van der Waals surface area (Å²) in [5.74, 6) is 1.03. The van der Waals surface area contributed by atoms with Crippen LogP contribution in [0.3, 0.4) is 0 Å². The van der Waals surface area contributed by atoms with Crippen molar-refractivity contribution in [2.75, 3.05) is 14.2 Å². The zero-order chi connectivity index (χ0) is 18.2. The number of fused-ring (bicyclic) bond motifs is 1. The molecule has 0 N–H and O–H groups in total.